The first-order valence-corrected chi connectivity index (χ1v) is 7.57. The Kier molecular flexibility index (Phi) is 4.03. The van der Waals surface area contributed by atoms with E-state index in [-0.39, 0.29) is 5.91 Å². The molecular weight excluding hydrogens is 272 g/mol. The Morgan fingerprint density at radius 2 is 2.25 bits per heavy atom. The third-order valence-corrected chi connectivity index (χ3v) is 3.85. The quantitative estimate of drug-likeness (QED) is 0.854. The van der Waals surface area contributed by atoms with Gasteiger partial charge in [0.25, 0.3) is 0 Å². The summed E-state index contributed by atoms with van der Waals surface area (Å²) in [5.74, 6) is 0.728. The molecule has 0 aromatic carbocycles. The van der Waals surface area contributed by atoms with Gasteiger partial charge in [-0.15, -0.1) is 11.3 Å². The van der Waals surface area contributed by atoms with Crippen molar-refractivity contribution in [2.45, 2.75) is 12.8 Å². The number of carbonyl (C=O) groups is 1. The summed E-state index contributed by atoms with van der Waals surface area (Å²) >= 11 is 1.41. The Balaban J connectivity index is 1.52. The summed E-state index contributed by atoms with van der Waals surface area (Å²) < 4.78 is 0. The number of hydrogen-bond acceptors (Lipinski definition) is 5. The number of nitrogens with zero attached hydrogens (tertiary/aromatic N) is 2. The highest BCUT2D eigenvalue weighted by Gasteiger charge is 2.20. The normalized spacial score (nSPS) is 14.2. The van der Waals surface area contributed by atoms with E-state index in [1.54, 1.807) is 6.20 Å². The van der Waals surface area contributed by atoms with Gasteiger partial charge < -0.3 is 10.6 Å². The van der Waals surface area contributed by atoms with E-state index in [0.717, 1.165) is 23.9 Å². The molecule has 1 amide bonds. The van der Waals surface area contributed by atoms with Crippen LogP contribution in [0.25, 0.3) is 11.4 Å². The molecule has 0 spiro atoms. The molecule has 1 fully saturated rings. The molecule has 6 heteroatoms. The monoisotopic (exact) mass is 288 g/mol. The Morgan fingerprint density at radius 3 is 3.00 bits per heavy atom. The minimum atomic E-state index is -0.0485. The molecule has 2 aromatic rings. The van der Waals surface area contributed by atoms with E-state index in [4.69, 9.17) is 0 Å². The van der Waals surface area contributed by atoms with Crippen LogP contribution in [-0.2, 0) is 4.79 Å². The number of thiazole rings is 1. The number of pyridine rings is 1. The smallest absolute Gasteiger partial charge is 0.240 e. The molecule has 2 aromatic heterocycles. The van der Waals surface area contributed by atoms with Crippen LogP contribution in [-0.4, -0.2) is 29.0 Å². The second-order valence-corrected chi connectivity index (χ2v) is 5.73. The van der Waals surface area contributed by atoms with Gasteiger partial charge in [-0.25, -0.2) is 4.98 Å². The molecule has 20 heavy (non-hydrogen) atoms. The van der Waals surface area contributed by atoms with Crippen LogP contribution in [0.4, 0.5) is 5.13 Å². The third-order valence-electron chi connectivity index (χ3n) is 3.09. The van der Waals surface area contributed by atoms with Gasteiger partial charge >= 0.3 is 0 Å². The maximum Gasteiger partial charge on any atom is 0.240 e. The predicted octanol–water partition coefficient (Wildman–Crippen LogP) is 2.14. The van der Waals surface area contributed by atoms with E-state index in [0.29, 0.717) is 11.7 Å². The number of anilines is 1. The lowest BCUT2D eigenvalue weighted by Gasteiger charge is -2.03. The SMILES string of the molecule is O=C(CNCC1CC1)Nc1nc(-c2ccccn2)cs1. The molecule has 0 aliphatic heterocycles. The maximum absolute atomic E-state index is 11.7. The average Bonchev–Trinajstić information content (AvgIpc) is 3.17. The van der Waals surface area contributed by atoms with E-state index >= 15 is 0 Å². The molecule has 0 radical (unpaired) electrons. The van der Waals surface area contributed by atoms with Crippen molar-refractivity contribution in [2.24, 2.45) is 5.92 Å². The van der Waals surface area contributed by atoms with Gasteiger partial charge in [-0.2, -0.15) is 0 Å². The fourth-order valence-corrected chi connectivity index (χ4v) is 2.56. The van der Waals surface area contributed by atoms with Gasteiger partial charge in [0.2, 0.25) is 5.91 Å². The van der Waals surface area contributed by atoms with Crippen LogP contribution in [0.1, 0.15) is 12.8 Å². The van der Waals surface area contributed by atoms with Crippen molar-refractivity contribution >= 4 is 22.4 Å². The fourth-order valence-electron chi connectivity index (χ4n) is 1.84. The number of rotatable bonds is 6. The highest BCUT2D eigenvalue weighted by molar-refractivity contribution is 7.14. The number of aromatic nitrogens is 2. The zero-order valence-corrected chi connectivity index (χ0v) is 11.8. The molecule has 2 N–H and O–H groups in total. The molecule has 0 unspecified atom stereocenters. The number of nitrogens with one attached hydrogen (secondary N) is 2. The van der Waals surface area contributed by atoms with Crippen molar-refractivity contribution in [1.29, 1.82) is 0 Å². The largest absolute Gasteiger partial charge is 0.308 e. The molecular formula is C14H16N4OS. The predicted molar refractivity (Wildman–Crippen MR) is 79.6 cm³/mol. The van der Waals surface area contributed by atoms with Crippen molar-refractivity contribution in [2.75, 3.05) is 18.4 Å². The Hall–Kier alpha value is -1.79. The van der Waals surface area contributed by atoms with Crippen molar-refractivity contribution in [3.63, 3.8) is 0 Å². The van der Waals surface area contributed by atoms with Crippen LogP contribution >= 0.6 is 11.3 Å². The number of carbonyl (C=O) groups excluding carboxylic acids is 1. The van der Waals surface area contributed by atoms with Gasteiger partial charge in [-0.1, -0.05) is 6.07 Å². The summed E-state index contributed by atoms with van der Waals surface area (Å²) in [6.07, 6.45) is 4.30. The third kappa shape index (κ3) is 3.61. The molecule has 0 saturated heterocycles. The summed E-state index contributed by atoms with van der Waals surface area (Å²) in [6, 6.07) is 5.68. The molecule has 3 rings (SSSR count). The topological polar surface area (TPSA) is 66.9 Å². The molecule has 0 atom stereocenters. The van der Waals surface area contributed by atoms with Crippen LogP contribution in [0.3, 0.4) is 0 Å². The van der Waals surface area contributed by atoms with E-state index in [9.17, 15) is 4.79 Å². The van der Waals surface area contributed by atoms with Gasteiger partial charge in [0, 0.05) is 11.6 Å². The minimum absolute atomic E-state index is 0.0485. The summed E-state index contributed by atoms with van der Waals surface area (Å²) in [5.41, 5.74) is 1.60. The fraction of sp³-hybridized carbons (Fsp3) is 0.357. The lowest BCUT2D eigenvalue weighted by atomic mass is 10.3. The van der Waals surface area contributed by atoms with Gasteiger partial charge in [0.15, 0.2) is 5.13 Å². The van der Waals surface area contributed by atoms with Crippen molar-refractivity contribution in [1.82, 2.24) is 15.3 Å². The van der Waals surface area contributed by atoms with Gasteiger partial charge in [-0.05, 0) is 37.4 Å². The molecule has 1 aliphatic rings. The van der Waals surface area contributed by atoms with Crippen LogP contribution < -0.4 is 10.6 Å². The van der Waals surface area contributed by atoms with Crippen LogP contribution in [0.5, 0.6) is 0 Å². The molecule has 0 bridgehead atoms. The Bertz CT molecular complexity index is 580. The first kappa shape index (κ1) is 13.2. The average molecular weight is 288 g/mol. The maximum atomic E-state index is 11.7. The van der Waals surface area contributed by atoms with Crippen LogP contribution in [0.15, 0.2) is 29.8 Å². The van der Waals surface area contributed by atoms with Gasteiger partial charge in [0.05, 0.1) is 12.2 Å². The van der Waals surface area contributed by atoms with E-state index < -0.39 is 0 Å². The van der Waals surface area contributed by atoms with Crippen LogP contribution in [0.2, 0.25) is 0 Å². The highest BCUT2D eigenvalue weighted by atomic mass is 32.1. The molecule has 104 valence electrons. The zero-order valence-electron chi connectivity index (χ0n) is 11.0. The first-order valence-electron chi connectivity index (χ1n) is 6.69. The minimum Gasteiger partial charge on any atom is -0.308 e. The summed E-state index contributed by atoms with van der Waals surface area (Å²) in [5, 5.41) is 8.48. The van der Waals surface area contributed by atoms with E-state index in [1.165, 1.54) is 24.2 Å². The highest BCUT2D eigenvalue weighted by Crippen LogP contribution is 2.27. The zero-order chi connectivity index (χ0) is 13.8. The second-order valence-electron chi connectivity index (χ2n) is 4.88. The Labute approximate surface area is 121 Å². The van der Waals surface area contributed by atoms with E-state index in [2.05, 4.69) is 20.6 Å². The number of amides is 1. The summed E-state index contributed by atoms with van der Waals surface area (Å²) in [4.78, 5) is 20.3. The Morgan fingerprint density at radius 1 is 1.35 bits per heavy atom. The van der Waals surface area contributed by atoms with Crippen LogP contribution in [0, 0.1) is 5.92 Å². The standard InChI is InChI=1S/C14H16N4OS/c19-13(8-15-7-10-4-5-10)18-14-17-12(9-20-14)11-3-1-2-6-16-11/h1-3,6,9-10,15H,4-5,7-8H2,(H,17,18,19). The summed E-state index contributed by atoms with van der Waals surface area (Å²) in [7, 11) is 0. The second kappa shape index (κ2) is 6.11. The van der Waals surface area contributed by atoms with E-state index in [1.807, 2.05) is 23.6 Å². The van der Waals surface area contributed by atoms with Crippen molar-refractivity contribution in [3.8, 4) is 11.4 Å². The van der Waals surface area contributed by atoms with Crippen molar-refractivity contribution in [3.05, 3.63) is 29.8 Å². The first-order chi connectivity index (χ1) is 9.81. The molecule has 2 heterocycles. The molecule has 1 aliphatic carbocycles. The molecule has 5 nitrogen and oxygen atoms in total. The lowest BCUT2D eigenvalue weighted by molar-refractivity contribution is -0.115. The van der Waals surface area contributed by atoms with Gasteiger partial charge in [-0.3, -0.25) is 9.78 Å². The van der Waals surface area contributed by atoms with Gasteiger partial charge in [0.1, 0.15) is 5.69 Å². The van der Waals surface area contributed by atoms with Crippen molar-refractivity contribution < 1.29 is 4.79 Å². The lowest BCUT2D eigenvalue weighted by Crippen LogP contribution is -2.29. The molecule has 1 saturated carbocycles. The number of hydrogen-bond donors (Lipinski definition) is 2. The summed E-state index contributed by atoms with van der Waals surface area (Å²) in [6.45, 7) is 1.28.